The van der Waals surface area contributed by atoms with E-state index in [2.05, 4.69) is 0 Å². The number of nitrogens with zero attached hydrogens (tertiary/aromatic N) is 2. The molecule has 2 aromatic rings. The van der Waals surface area contributed by atoms with Crippen molar-refractivity contribution in [3.63, 3.8) is 0 Å². The van der Waals surface area contributed by atoms with Gasteiger partial charge in [0.15, 0.2) is 6.61 Å². The van der Waals surface area contributed by atoms with E-state index >= 15 is 0 Å². The molecule has 1 unspecified atom stereocenters. The lowest BCUT2D eigenvalue weighted by molar-refractivity contribution is -0.143. The van der Waals surface area contributed by atoms with Gasteiger partial charge in [-0.05, 0) is 48.7 Å². The van der Waals surface area contributed by atoms with Crippen LogP contribution in [0.3, 0.4) is 0 Å². The number of rotatable bonds is 5. The second-order valence-corrected chi connectivity index (χ2v) is 6.46. The number of carbonyl (C=O) groups excluding carboxylic acids is 2. The smallest absolute Gasteiger partial charge is 0.349 e. The van der Waals surface area contributed by atoms with Crippen LogP contribution in [0.2, 0.25) is 0 Å². The van der Waals surface area contributed by atoms with E-state index in [1.165, 1.54) is 6.08 Å². The fourth-order valence-corrected chi connectivity index (χ4v) is 3.22. The molecule has 0 saturated heterocycles. The Kier molecular flexibility index (Phi) is 5.75. The van der Waals surface area contributed by atoms with Gasteiger partial charge >= 0.3 is 5.97 Å². The Morgan fingerprint density at radius 1 is 1.21 bits per heavy atom. The predicted octanol–water partition coefficient (Wildman–Crippen LogP) is 3.12. The third-order valence-electron chi connectivity index (χ3n) is 4.57. The quantitative estimate of drug-likeness (QED) is 0.455. The van der Waals surface area contributed by atoms with E-state index in [-0.39, 0.29) is 17.5 Å². The van der Waals surface area contributed by atoms with Crippen molar-refractivity contribution in [2.24, 2.45) is 0 Å². The number of methoxy groups -OCH3 is 1. The monoisotopic (exact) mass is 376 g/mol. The average molecular weight is 376 g/mol. The maximum Gasteiger partial charge on any atom is 0.349 e. The van der Waals surface area contributed by atoms with E-state index < -0.39 is 12.6 Å². The molecule has 28 heavy (non-hydrogen) atoms. The summed E-state index contributed by atoms with van der Waals surface area (Å²) < 4.78 is 10.2. The van der Waals surface area contributed by atoms with Crippen LogP contribution in [0.25, 0.3) is 6.08 Å². The van der Waals surface area contributed by atoms with Crippen molar-refractivity contribution in [1.29, 1.82) is 5.26 Å². The van der Waals surface area contributed by atoms with E-state index in [1.807, 2.05) is 37.3 Å². The van der Waals surface area contributed by atoms with E-state index in [9.17, 15) is 14.9 Å². The van der Waals surface area contributed by atoms with Crippen molar-refractivity contribution in [2.45, 2.75) is 19.4 Å². The fraction of sp³-hybridized carbons (Fsp3) is 0.227. The summed E-state index contributed by atoms with van der Waals surface area (Å²) in [5.74, 6) is -0.469. The first-order valence-electron chi connectivity index (χ1n) is 8.86. The van der Waals surface area contributed by atoms with Crippen molar-refractivity contribution in [3.05, 3.63) is 65.2 Å². The highest BCUT2D eigenvalue weighted by molar-refractivity contribution is 6.01. The van der Waals surface area contributed by atoms with Crippen molar-refractivity contribution < 1.29 is 19.1 Å². The van der Waals surface area contributed by atoms with Gasteiger partial charge in [0.1, 0.15) is 17.4 Å². The molecule has 2 aromatic carbocycles. The SMILES string of the molecule is COc1ccc(C=C(C#N)C(=O)OCC(=O)N2c3ccccc3CC2C)cc1. The minimum Gasteiger partial charge on any atom is -0.497 e. The zero-order valence-electron chi connectivity index (χ0n) is 15.7. The number of hydrogen-bond donors (Lipinski definition) is 0. The normalized spacial score (nSPS) is 15.5. The van der Waals surface area contributed by atoms with Gasteiger partial charge in [-0.25, -0.2) is 4.79 Å². The number of benzene rings is 2. The Hall–Kier alpha value is -3.59. The number of para-hydroxylation sites is 1. The Bertz CT molecular complexity index is 957. The van der Waals surface area contributed by atoms with Gasteiger partial charge in [0, 0.05) is 11.7 Å². The van der Waals surface area contributed by atoms with Crippen molar-refractivity contribution in [2.75, 3.05) is 18.6 Å². The largest absolute Gasteiger partial charge is 0.497 e. The molecule has 0 bridgehead atoms. The molecule has 0 spiro atoms. The second-order valence-electron chi connectivity index (χ2n) is 6.46. The zero-order chi connectivity index (χ0) is 20.1. The Labute approximate surface area is 163 Å². The molecule has 142 valence electrons. The van der Waals surface area contributed by atoms with Crippen molar-refractivity contribution in [3.8, 4) is 11.8 Å². The topological polar surface area (TPSA) is 79.6 Å². The summed E-state index contributed by atoms with van der Waals surface area (Å²) in [6.07, 6.45) is 2.18. The highest BCUT2D eigenvalue weighted by Crippen LogP contribution is 2.31. The molecule has 0 N–H and O–H groups in total. The van der Waals surface area contributed by atoms with Crippen LogP contribution in [-0.4, -0.2) is 31.6 Å². The highest BCUT2D eigenvalue weighted by atomic mass is 16.5. The third kappa shape index (κ3) is 4.04. The maximum absolute atomic E-state index is 12.6. The van der Waals surface area contributed by atoms with Gasteiger partial charge < -0.3 is 14.4 Å². The Balaban J connectivity index is 1.66. The van der Waals surface area contributed by atoms with Gasteiger partial charge in [-0.15, -0.1) is 0 Å². The minimum absolute atomic E-state index is 0.00567. The molecule has 6 nitrogen and oxygen atoms in total. The zero-order valence-corrected chi connectivity index (χ0v) is 15.7. The van der Waals surface area contributed by atoms with E-state index in [4.69, 9.17) is 9.47 Å². The second kappa shape index (κ2) is 8.40. The summed E-state index contributed by atoms with van der Waals surface area (Å²) in [6.45, 7) is 1.53. The fourth-order valence-electron chi connectivity index (χ4n) is 3.22. The van der Waals surface area contributed by atoms with Crippen LogP contribution < -0.4 is 9.64 Å². The van der Waals surface area contributed by atoms with Crippen molar-refractivity contribution in [1.82, 2.24) is 0 Å². The molecule has 1 atom stereocenters. The van der Waals surface area contributed by atoms with Crippen LogP contribution in [0.5, 0.6) is 5.75 Å². The number of esters is 1. The summed E-state index contributed by atoms with van der Waals surface area (Å²) >= 11 is 0. The van der Waals surface area contributed by atoms with Gasteiger partial charge in [0.05, 0.1) is 7.11 Å². The van der Waals surface area contributed by atoms with E-state index in [0.717, 1.165) is 17.7 Å². The molecule has 1 aliphatic rings. The number of ether oxygens (including phenoxy) is 2. The number of hydrogen-bond acceptors (Lipinski definition) is 5. The Morgan fingerprint density at radius 2 is 1.93 bits per heavy atom. The highest BCUT2D eigenvalue weighted by Gasteiger charge is 2.31. The number of nitriles is 1. The van der Waals surface area contributed by atoms with Gasteiger partial charge in [-0.1, -0.05) is 30.3 Å². The molecular formula is C22H20N2O4. The molecule has 6 heteroatoms. The van der Waals surface area contributed by atoms with Gasteiger partial charge in [-0.2, -0.15) is 5.26 Å². The summed E-state index contributed by atoms with van der Waals surface area (Å²) in [6, 6.07) is 16.4. The minimum atomic E-state index is -0.827. The molecule has 1 amide bonds. The summed E-state index contributed by atoms with van der Waals surface area (Å²) in [7, 11) is 1.56. The van der Waals surface area contributed by atoms with Crippen LogP contribution >= 0.6 is 0 Å². The maximum atomic E-state index is 12.6. The number of fused-ring (bicyclic) bond motifs is 1. The van der Waals surface area contributed by atoms with Crippen molar-refractivity contribution >= 4 is 23.6 Å². The molecule has 0 fully saturated rings. The lowest BCUT2D eigenvalue weighted by Crippen LogP contribution is -2.38. The van der Waals surface area contributed by atoms with Crippen LogP contribution in [-0.2, 0) is 20.7 Å². The lowest BCUT2D eigenvalue weighted by atomic mass is 10.1. The van der Waals surface area contributed by atoms with Crippen LogP contribution in [0.1, 0.15) is 18.1 Å². The first-order chi connectivity index (χ1) is 13.5. The molecular weight excluding hydrogens is 356 g/mol. The standard InChI is InChI=1S/C22H20N2O4/c1-15-11-17-5-3-4-6-20(17)24(15)21(25)14-28-22(26)18(13-23)12-16-7-9-19(27-2)10-8-16/h3-10,12,15H,11,14H2,1-2H3. The lowest BCUT2D eigenvalue weighted by Gasteiger charge is -2.22. The number of amides is 1. The summed E-state index contributed by atoms with van der Waals surface area (Å²) in [5, 5.41) is 9.27. The van der Waals surface area contributed by atoms with Gasteiger partial charge in [0.25, 0.3) is 5.91 Å². The molecule has 0 aromatic heterocycles. The third-order valence-corrected chi connectivity index (χ3v) is 4.57. The number of carbonyl (C=O) groups is 2. The Morgan fingerprint density at radius 3 is 2.61 bits per heavy atom. The van der Waals surface area contributed by atoms with Gasteiger partial charge in [0.2, 0.25) is 0 Å². The van der Waals surface area contributed by atoms with Crippen LogP contribution in [0, 0.1) is 11.3 Å². The average Bonchev–Trinajstić information content (AvgIpc) is 3.06. The van der Waals surface area contributed by atoms with Gasteiger partial charge in [-0.3, -0.25) is 4.79 Å². The summed E-state index contributed by atoms with van der Waals surface area (Å²) in [5.41, 5.74) is 2.41. The van der Waals surface area contributed by atoms with E-state index in [1.54, 1.807) is 36.3 Å². The molecule has 0 saturated carbocycles. The summed E-state index contributed by atoms with van der Waals surface area (Å²) in [4.78, 5) is 26.5. The molecule has 0 radical (unpaired) electrons. The van der Waals surface area contributed by atoms with Crippen LogP contribution in [0.15, 0.2) is 54.1 Å². The molecule has 3 rings (SSSR count). The first kappa shape index (κ1) is 19.2. The van der Waals surface area contributed by atoms with E-state index in [0.29, 0.717) is 11.3 Å². The predicted molar refractivity (Wildman–Crippen MR) is 105 cm³/mol. The first-order valence-corrected chi connectivity index (χ1v) is 8.86. The molecule has 0 aliphatic carbocycles. The molecule has 1 heterocycles. The molecule has 1 aliphatic heterocycles. The number of anilines is 1. The van der Waals surface area contributed by atoms with Crippen LogP contribution in [0.4, 0.5) is 5.69 Å².